The van der Waals surface area contributed by atoms with E-state index in [1.807, 2.05) is 12.1 Å². The number of hydrogen-bond donors (Lipinski definition) is 2. The summed E-state index contributed by atoms with van der Waals surface area (Å²) in [5, 5.41) is 13.2. The summed E-state index contributed by atoms with van der Waals surface area (Å²) in [5.74, 6) is -3.42. The van der Waals surface area contributed by atoms with Crippen LogP contribution in [0.4, 0.5) is 5.69 Å². The summed E-state index contributed by atoms with van der Waals surface area (Å²) >= 11 is 0. The number of carbonyl (C=O) groups is 5. The summed E-state index contributed by atoms with van der Waals surface area (Å²) < 4.78 is 32.6. The van der Waals surface area contributed by atoms with Crippen LogP contribution in [0.3, 0.4) is 0 Å². The van der Waals surface area contributed by atoms with Gasteiger partial charge in [-0.3, -0.25) is 19.2 Å². The average Bonchev–Trinajstić information content (AvgIpc) is 2.98. The number of nitrogens with zero attached hydrogens (tertiary/aromatic N) is 1. The average molecular weight is 653 g/mol. The highest BCUT2D eigenvalue weighted by molar-refractivity contribution is 8.76. The van der Waals surface area contributed by atoms with E-state index in [1.54, 1.807) is 12.3 Å². The van der Waals surface area contributed by atoms with Crippen molar-refractivity contribution in [3.05, 3.63) is 48.2 Å². The third-order valence-corrected chi connectivity index (χ3v) is 8.04. The van der Waals surface area contributed by atoms with E-state index in [0.29, 0.717) is 11.3 Å². The number of rotatable bonds is 13. The molecule has 16 heteroatoms. The van der Waals surface area contributed by atoms with Crippen molar-refractivity contribution in [2.75, 3.05) is 18.2 Å². The SMILES string of the molecule is COC(=O)[C@H]1OC(Oc2ccc(CO)cc2NC(=O)CCSSc2ccccn2)[C@H](OC(C)=O)[C@@H](OC(C)=O)[C@@H]1OC(C)=O. The van der Waals surface area contributed by atoms with Gasteiger partial charge in [0.2, 0.25) is 18.3 Å². The van der Waals surface area contributed by atoms with E-state index in [-0.39, 0.29) is 30.4 Å². The molecule has 2 N–H and O–H groups in total. The van der Waals surface area contributed by atoms with Crippen LogP contribution in [0.5, 0.6) is 5.75 Å². The Hall–Kier alpha value is -3.86. The van der Waals surface area contributed by atoms with Gasteiger partial charge in [0, 0.05) is 39.1 Å². The fourth-order valence-electron chi connectivity index (χ4n) is 4.02. The monoisotopic (exact) mass is 652 g/mol. The van der Waals surface area contributed by atoms with Crippen LogP contribution in [-0.2, 0) is 54.3 Å². The van der Waals surface area contributed by atoms with Gasteiger partial charge in [0.25, 0.3) is 0 Å². The first kappa shape index (κ1) is 34.6. The van der Waals surface area contributed by atoms with Gasteiger partial charge in [0.1, 0.15) is 10.8 Å². The number of methoxy groups -OCH3 is 1. The molecule has 0 bridgehead atoms. The molecule has 14 nitrogen and oxygen atoms in total. The van der Waals surface area contributed by atoms with Crippen LogP contribution in [0.2, 0.25) is 0 Å². The number of carbonyl (C=O) groups excluding carboxylic acids is 5. The topological polar surface area (TPSA) is 186 Å². The van der Waals surface area contributed by atoms with Crippen molar-refractivity contribution in [1.82, 2.24) is 4.98 Å². The van der Waals surface area contributed by atoms with E-state index in [2.05, 4.69) is 10.3 Å². The molecular weight excluding hydrogens is 620 g/mol. The predicted octanol–water partition coefficient (Wildman–Crippen LogP) is 2.41. The highest BCUT2D eigenvalue weighted by Gasteiger charge is 2.56. The van der Waals surface area contributed by atoms with Gasteiger partial charge in [0.05, 0.1) is 19.4 Å². The summed E-state index contributed by atoms with van der Waals surface area (Å²) in [7, 11) is 3.93. The number of ether oxygens (including phenoxy) is 6. The lowest BCUT2D eigenvalue weighted by Crippen LogP contribution is -2.64. The van der Waals surface area contributed by atoms with E-state index >= 15 is 0 Å². The Morgan fingerprint density at radius 3 is 2.25 bits per heavy atom. The minimum absolute atomic E-state index is 0.00402. The maximum absolute atomic E-state index is 12.8. The molecule has 2 heterocycles. The second-order valence-corrected chi connectivity index (χ2v) is 11.6. The molecule has 3 rings (SSSR count). The van der Waals surface area contributed by atoms with Gasteiger partial charge in [-0.25, -0.2) is 9.78 Å². The van der Waals surface area contributed by atoms with Crippen molar-refractivity contribution < 1.29 is 57.5 Å². The van der Waals surface area contributed by atoms with Crippen molar-refractivity contribution in [2.24, 2.45) is 0 Å². The first-order valence-electron chi connectivity index (χ1n) is 13.2. The largest absolute Gasteiger partial charge is 0.467 e. The molecule has 1 aromatic carbocycles. The number of hydrogen-bond acceptors (Lipinski definition) is 15. The molecule has 1 unspecified atom stereocenters. The molecule has 2 aromatic rings. The number of pyridine rings is 1. The molecule has 1 aromatic heterocycles. The van der Waals surface area contributed by atoms with Crippen molar-refractivity contribution in [3.63, 3.8) is 0 Å². The third-order valence-electron chi connectivity index (χ3n) is 5.77. The number of esters is 4. The minimum atomic E-state index is -1.66. The number of aliphatic hydroxyl groups is 1. The van der Waals surface area contributed by atoms with E-state index in [0.717, 1.165) is 32.9 Å². The number of aliphatic hydroxyl groups excluding tert-OH is 1. The molecular formula is C28H32N2O12S2. The number of anilines is 1. The van der Waals surface area contributed by atoms with Crippen LogP contribution in [0.1, 0.15) is 32.8 Å². The van der Waals surface area contributed by atoms with Gasteiger partial charge in [0.15, 0.2) is 18.3 Å². The fraction of sp³-hybridized carbons (Fsp3) is 0.429. The van der Waals surface area contributed by atoms with Gasteiger partial charge in [-0.15, -0.1) is 0 Å². The Bertz CT molecular complexity index is 1330. The highest BCUT2D eigenvalue weighted by atomic mass is 33.1. The maximum Gasteiger partial charge on any atom is 0.339 e. The molecule has 0 saturated carbocycles. The van der Waals surface area contributed by atoms with Crippen LogP contribution in [-0.4, -0.2) is 83.4 Å². The Morgan fingerprint density at radius 1 is 0.955 bits per heavy atom. The Kier molecular flexibility index (Phi) is 13.3. The highest BCUT2D eigenvalue weighted by Crippen LogP contribution is 2.35. The van der Waals surface area contributed by atoms with Gasteiger partial charge < -0.3 is 38.8 Å². The first-order valence-corrected chi connectivity index (χ1v) is 15.5. The molecule has 0 aliphatic carbocycles. The van der Waals surface area contributed by atoms with Gasteiger partial charge >= 0.3 is 23.9 Å². The number of benzene rings is 1. The van der Waals surface area contributed by atoms with Crippen LogP contribution < -0.4 is 10.1 Å². The van der Waals surface area contributed by atoms with Gasteiger partial charge in [-0.2, -0.15) is 0 Å². The second-order valence-electron chi connectivity index (χ2n) is 9.15. The minimum Gasteiger partial charge on any atom is -0.467 e. The Morgan fingerprint density at radius 2 is 1.64 bits per heavy atom. The standard InChI is InChI=1S/C28H32N2O12S2/c1-15(32)38-23-24(39-16(2)33)26(40-17(3)34)28(42-25(23)27(36)37-4)41-20-9-8-18(14-31)13-19(20)30-21(35)10-12-43-44-22-7-5-6-11-29-22/h5-9,11,13,23-26,28,31H,10,12,14H2,1-4H3,(H,30,35)/t23-,24-,25-,26+,28?/m0/s1. The molecule has 1 saturated heterocycles. The van der Waals surface area contributed by atoms with Crippen LogP contribution in [0.25, 0.3) is 0 Å². The van der Waals surface area contributed by atoms with Crippen LogP contribution >= 0.6 is 21.6 Å². The normalized spacial score (nSPS) is 21.0. The molecule has 1 fully saturated rings. The molecule has 0 radical (unpaired) electrons. The molecule has 5 atom stereocenters. The van der Waals surface area contributed by atoms with Gasteiger partial charge in [-0.1, -0.05) is 22.9 Å². The zero-order chi connectivity index (χ0) is 32.2. The van der Waals surface area contributed by atoms with Crippen molar-refractivity contribution in [2.45, 2.75) is 69.5 Å². The van der Waals surface area contributed by atoms with Crippen LogP contribution in [0, 0.1) is 0 Å². The lowest BCUT2D eigenvalue weighted by Gasteiger charge is -2.43. The zero-order valence-electron chi connectivity index (χ0n) is 24.3. The van der Waals surface area contributed by atoms with E-state index in [1.165, 1.54) is 39.8 Å². The molecule has 1 aliphatic heterocycles. The Balaban J connectivity index is 1.87. The predicted molar refractivity (Wildman–Crippen MR) is 156 cm³/mol. The van der Waals surface area contributed by atoms with E-state index in [9.17, 15) is 29.1 Å². The molecule has 44 heavy (non-hydrogen) atoms. The lowest BCUT2D eigenvalue weighted by molar-refractivity contribution is -0.282. The summed E-state index contributed by atoms with van der Waals surface area (Å²) in [6.07, 6.45) is -6.15. The van der Waals surface area contributed by atoms with Crippen molar-refractivity contribution in [3.8, 4) is 5.75 Å². The molecule has 1 amide bonds. The quantitative estimate of drug-likeness (QED) is 0.139. The fourth-order valence-corrected chi connectivity index (χ4v) is 5.89. The number of aromatic nitrogens is 1. The molecule has 0 spiro atoms. The molecule has 238 valence electrons. The molecule has 1 aliphatic rings. The maximum atomic E-state index is 12.8. The summed E-state index contributed by atoms with van der Waals surface area (Å²) in [6, 6.07) is 9.92. The van der Waals surface area contributed by atoms with E-state index < -0.39 is 54.6 Å². The number of nitrogens with one attached hydrogen (secondary N) is 1. The van der Waals surface area contributed by atoms with Gasteiger partial charge in [-0.05, 0) is 40.6 Å². The first-order chi connectivity index (χ1) is 21.0. The lowest BCUT2D eigenvalue weighted by atomic mass is 9.97. The van der Waals surface area contributed by atoms with Crippen molar-refractivity contribution >= 4 is 57.1 Å². The summed E-state index contributed by atoms with van der Waals surface area (Å²) in [5.41, 5.74) is 0.573. The second kappa shape index (κ2) is 16.8. The number of amides is 1. The van der Waals surface area contributed by atoms with E-state index in [4.69, 9.17) is 28.4 Å². The summed E-state index contributed by atoms with van der Waals surface area (Å²) in [6.45, 7) is 2.87. The summed E-state index contributed by atoms with van der Waals surface area (Å²) in [4.78, 5) is 65.8. The smallest absolute Gasteiger partial charge is 0.339 e. The van der Waals surface area contributed by atoms with Crippen molar-refractivity contribution in [1.29, 1.82) is 0 Å². The Labute approximate surface area is 260 Å². The third kappa shape index (κ3) is 10.1. The van der Waals surface area contributed by atoms with Crippen LogP contribution in [0.15, 0.2) is 47.6 Å². The zero-order valence-corrected chi connectivity index (χ0v) is 25.9.